The van der Waals surface area contributed by atoms with Gasteiger partial charge < -0.3 is 0 Å². The molecule has 0 aromatic carbocycles. The molecule has 0 aliphatic carbocycles. The Morgan fingerprint density at radius 1 is 1.50 bits per heavy atom. The van der Waals surface area contributed by atoms with Gasteiger partial charge in [0.15, 0.2) is 0 Å². The predicted octanol–water partition coefficient (Wildman–Crippen LogP) is -0.622. The SMILES string of the molecule is O=S(=O)(O)F.[Ca]. The fourth-order valence-corrected chi connectivity index (χ4v) is 0. The van der Waals surface area contributed by atoms with Gasteiger partial charge in [-0.05, 0) is 0 Å². The van der Waals surface area contributed by atoms with Crippen molar-refractivity contribution in [1.29, 1.82) is 0 Å². The van der Waals surface area contributed by atoms with Crippen LogP contribution in [0, 0.1) is 0 Å². The number of hydrogen-bond acceptors (Lipinski definition) is 2. The van der Waals surface area contributed by atoms with E-state index in [0.29, 0.717) is 0 Å². The fraction of sp³-hybridized carbons (Fsp3) is 0. The molecular weight excluding hydrogens is 139 g/mol. The molecule has 0 aliphatic heterocycles. The molecule has 0 amide bonds. The van der Waals surface area contributed by atoms with E-state index in [1.807, 2.05) is 0 Å². The van der Waals surface area contributed by atoms with Gasteiger partial charge in [-0.3, -0.25) is 4.55 Å². The minimum Gasteiger partial charge on any atom is -0.260 e. The first-order valence-electron chi connectivity index (χ1n) is 0.670. The van der Waals surface area contributed by atoms with E-state index < -0.39 is 10.5 Å². The molecule has 0 atom stereocenters. The van der Waals surface area contributed by atoms with Crippen LogP contribution in [-0.4, -0.2) is 50.7 Å². The van der Waals surface area contributed by atoms with Crippen molar-refractivity contribution in [2.75, 3.05) is 0 Å². The third-order valence-corrected chi connectivity index (χ3v) is 0. The van der Waals surface area contributed by atoms with Crippen molar-refractivity contribution in [3.05, 3.63) is 0 Å². The summed E-state index contributed by atoms with van der Waals surface area (Å²) in [7, 11) is -5.17. The van der Waals surface area contributed by atoms with E-state index in [4.69, 9.17) is 13.0 Å². The summed E-state index contributed by atoms with van der Waals surface area (Å²) in [4.78, 5) is 0. The second-order valence-corrected chi connectivity index (χ2v) is 1.24. The molecule has 0 unspecified atom stereocenters. The second-order valence-electron chi connectivity index (χ2n) is 0.412. The summed E-state index contributed by atoms with van der Waals surface area (Å²) >= 11 is 0. The van der Waals surface area contributed by atoms with Gasteiger partial charge in [0.1, 0.15) is 0 Å². The maximum absolute atomic E-state index is 10.2. The molecule has 1 N–H and O–H groups in total. The van der Waals surface area contributed by atoms with Gasteiger partial charge in [-0.15, -0.1) is 0 Å². The van der Waals surface area contributed by atoms with E-state index in [9.17, 15) is 3.89 Å². The van der Waals surface area contributed by atoms with E-state index in [0.717, 1.165) is 0 Å². The predicted molar refractivity (Wildman–Crippen MR) is 18.4 cm³/mol. The van der Waals surface area contributed by atoms with Crippen LogP contribution in [-0.2, 0) is 10.5 Å². The average Bonchev–Trinajstić information content (AvgIpc) is 0.722. The molecule has 0 spiro atoms. The summed E-state index contributed by atoms with van der Waals surface area (Å²) in [6, 6.07) is 0. The van der Waals surface area contributed by atoms with E-state index in [-0.39, 0.29) is 37.7 Å². The zero-order chi connectivity index (χ0) is 4.50. The molecule has 6 heteroatoms. The van der Waals surface area contributed by atoms with Gasteiger partial charge in [0.05, 0.1) is 0 Å². The number of halogens is 1. The van der Waals surface area contributed by atoms with Crippen molar-refractivity contribution < 1.29 is 16.9 Å². The average molecular weight is 140 g/mol. The van der Waals surface area contributed by atoms with Crippen molar-refractivity contribution >= 4 is 48.2 Å². The Hall–Kier alpha value is 1.10. The van der Waals surface area contributed by atoms with Gasteiger partial charge in [0.2, 0.25) is 0 Å². The van der Waals surface area contributed by atoms with E-state index >= 15 is 0 Å². The third-order valence-electron chi connectivity index (χ3n) is 0. The van der Waals surface area contributed by atoms with Crippen LogP contribution in [0.25, 0.3) is 0 Å². The molecule has 0 aliphatic rings. The molecular formula is HCaFO3S. The zero-order valence-electron chi connectivity index (χ0n) is 2.76. The Morgan fingerprint density at radius 3 is 1.50 bits per heavy atom. The monoisotopic (exact) mass is 140 g/mol. The molecule has 0 fully saturated rings. The van der Waals surface area contributed by atoms with Crippen LogP contribution in [0.4, 0.5) is 3.89 Å². The van der Waals surface area contributed by atoms with Gasteiger partial charge in [0.25, 0.3) is 0 Å². The molecule has 34 valence electrons. The largest absolute Gasteiger partial charge is 0.435 e. The van der Waals surface area contributed by atoms with Crippen molar-refractivity contribution in [2.45, 2.75) is 0 Å². The second kappa shape index (κ2) is 3.15. The van der Waals surface area contributed by atoms with E-state index in [1.165, 1.54) is 0 Å². The van der Waals surface area contributed by atoms with Crippen molar-refractivity contribution in [1.82, 2.24) is 0 Å². The van der Waals surface area contributed by atoms with Crippen LogP contribution >= 0.6 is 0 Å². The van der Waals surface area contributed by atoms with E-state index in [2.05, 4.69) is 0 Å². The summed E-state index contributed by atoms with van der Waals surface area (Å²) in [5.74, 6) is 0. The smallest absolute Gasteiger partial charge is 0.260 e. The van der Waals surface area contributed by atoms with E-state index in [1.54, 1.807) is 0 Å². The van der Waals surface area contributed by atoms with Crippen molar-refractivity contribution in [3.63, 3.8) is 0 Å². The van der Waals surface area contributed by atoms with Gasteiger partial charge >= 0.3 is 10.5 Å². The van der Waals surface area contributed by atoms with Gasteiger partial charge in [-0.25, -0.2) is 0 Å². The summed E-state index contributed by atoms with van der Waals surface area (Å²) in [5.41, 5.74) is 0. The fourth-order valence-electron chi connectivity index (χ4n) is 0. The third kappa shape index (κ3) is 70.9. The first-order valence-corrected chi connectivity index (χ1v) is 2.01. The zero-order valence-corrected chi connectivity index (χ0v) is 5.78. The minimum atomic E-state index is -5.17. The molecule has 3 nitrogen and oxygen atoms in total. The standard InChI is InChI=1S/Ca.FHO3S/c;1-5(2,3)4/h;(H,2,3,4). The van der Waals surface area contributed by atoms with Gasteiger partial charge in [-0.2, -0.15) is 8.42 Å². The molecule has 0 bridgehead atoms. The topological polar surface area (TPSA) is 54.4 Å². The first kappa shape index (κ1) is 10.2. The van der Waals surface area contributed by atoms with Crippen molar-refractivity contribution in [3.8, 4) is 0 Å². The Kier molecular flexibility index (Phi) is 5.33. The van der Waals surface area contributed by atoms with Crippen LogP contribution in [0.5, 0.6) is 0 Å². The Balaban J connectivity index is 0. The van der Waals surface area contributed by atoms with Gasteiger partial charge in [0, 0.05) is 37.7 Å². The van der Waals surface area contributed by atoms with Crippen LogP contribution in [0.3, 0.4) is 0 Å². The van der Waals surface area contributed by atoms with Crippen molar-refractivity contribution in [2.24, 2.45) is 0 Å². The molecule has 0 aromatic rings. The van der Waals surface area contributed by atoms with Crippen LogP contribution in [0.1, 0.15) is 0 Å². The van der Waals surface area contributed by atoms with Crippen LogP contribution in [0.15, 0.2) is 0 Å². The molecule has 2 radical (unpaired) electrons. The Morgan fingerprint density at radius 2 is 1.50 bits per heavy atom. The summed E-state index contributed by atoms with van der Waals surface area (Å²) in [6.45, 7) is 0. The first-order chi connectivity index (χ1) is 2.00. The Labute approximate surface area is 64.6 Å². The Bertz CT molecular complexity index is 94.0. The molecule has 0 heterocycles. The quantitative estimate of drug-likeness (QED) is 0.277. The van der Waals surface area contributed by atoms with Crippen LogP contribution in [0.2, 0.25) is 0 Å². The number of hydrogen-bond donors (Lipinski definition) is 1. The summed E-state index contributed by atoms with van der Waals surface area (Å²) in [5, 5.41) is 0. The minimum absolute atomic E-state index is 0. The molecule has 0 saturated heterocycles. The molecule has 0 aromatic heterocycles. The maximum Gasteiger partial charge on any atom is 0.435 e. The molecule has 0 rings (SSSR count). The maximum atomic E-state index is 10.2. The molecule has 0 saturated carbocycles. The normalized spacial score (nSPS) is 9.67. The van der Waals surface area contributed by atoms with Crippen LogP contribution < -0.4 is 0 Å². The van der Waals surface area contributed by atoms with Gasteiger partial charge in [-0.1, -0.05) is 3.89 Å². The summed E-state index contributed by atoms with van der Waals surface area (Å²) in [6.07, 6.45) is 0. The summed E-state index contributed by atoms with van der Waals surface area (Å²) < 4.78 is 34.1. The molecule has 6 heavy (non-hydrogen) atoms. The number of rotatable bonds is 0.